The lowest BCUT2D eigenvalue weighted by molar-refractivity contribution is 0.0962. The van der Waals surface area contributed by atoms with Crippen molar-refractivity contribution in [2.45, 2.75) is 26.2 Å². The Labute approximate surface area is 100 Å². The van der Waals surface area contributed by atoms with Crippen molar-refractivity contribution in [1.82, 2.24) is 4.98 Å². The zero-order chi connectivity index (χ0) is 12.3. The van der Waals surface area contributed by atoms with Gasteiger partial charge in [0.1, 0.15) is 5.76 Å². The molecule has 0 fully saturated rings. The van der Waals surface area contributed by atoms with Gasteiger partial charge in [-0.2, -0.15) is 0 Å². The van der Waals surface area contributed by atoms with Gasteiger partial charge in [-0.15, -0.1) is 0 Å². The molecule has 1 atom stereocenters. The first kappa shape index (κ1) is 11.6. The summed E-state index contributed by atoms with van der Waals surface area (Å²) in [6, 6.07) is 7.34. The number of rotatable bonds is 4. The van der Waals surface area contributed by atoms with Crippen LogP contribution in [-0.4, -0.2) is 10.8 Å². The van der Waals surface area contributed by atoms with Crippen LogP contribution in [0.15, 0.2) is 41.1 Å². The number of ketones is 1. The average Bonchev–Trinajstić information content (AvgIpc) is 2.86. The van der Waals surface area contributed by atoms with E-state index in [4.69, 9.17) is 4.42 Å². The Morgan fingerprint density at radius 2 is 2.24 bits per heavy atom. The Hall–Kier alpha value is -1.90. The summed E-state index contributed by atoms with van der Waals surface area (Å²) in [5, 5.41) is 0. The molecule has 0 saturated heterocycles. The molecule has 0 aromatic carbocycles. The number of nitrogens with zero attached hydrogens (tertiary/aromatic N) is 1. The lowest BCUT2D eigenvalue weighted by Gasteiger charge is -2.09. The fourth-order valence-electron chi connectivity index (χ4n) is 1.83. The van der Waals surface area contributed by atoms with Crippen LogP contribution in [0.2, 0.25) is 0 Å². The Morgan fingerprint density at radius 3 is 2.88 bits per heavy atom. The van der Waals surface area contributed by atoms with E-state index in [9.17, 15) is 4.79 Å². The van der Waals surface area contributed by atoms with Crippen LogP contribution < -0.4 is 0 Å². The first-order valence-corrected chi connectivity index (χ1v) is 5.75. The standard InChI is InChI=1S/C14H15NO2/c1-3-13-11(7-9-17-13)14(16)10(2)12-6-4-5-8-15-12/h4-10H,3H2,1-2H3. The average molecular weight is 229 g/mol. The molecule has 1 unspecified atom stereocenters. The van der Waals surface area contributed by atoms with E-state index in [1.165, 1.54) is 0 Å². The normalized spacial score (nSPS) is 12.4. The van der Waals surface area contributed by atoms with Crippen LogP contribution in [0.5, 0.6) is 0 Å². The van der Waals surface area contributed by atoms with E-state index in [1.54, 1.807) is 18.5 Å². The van der Waals surface area contributed by atoms with E-state index in [1.807, 2.05) is 32.0 Å². The van der Waals surface area contributed by atoms with Gasteiger partial charge in [0.2, 0.25) is 0 Å². The molecule has 0 amide bonds. The highest BCUT2D eigenvalue weighted by Crippen LogP contribution is 2.21. The minimum absolute atomic E-state index is 0.0642. The summed E-state index contributed by atoms with van der Waals surface area (Å²) in [6.07, 6.45) is 4.00. The van der Waals surface area contributed by atoms with Crippen molar-refractivity contribution < 1.29 is 9.21 Å². The second-order valence-corrected chi connectivity index (χ2v) is 3.95. The summed E-state index contributed by atoms with van der Waals surface area (Å²) in [5.41, 5.74) is 1.46. The molecule has 3 nitrogen and oxygen atoms in total. The van der Waals surface area contributed by atoms with Gasteiger partial charge in [-0.1, -0.05) is 13.0 Å². The number of hydrogen-bond acceptors (Lipinski definition) is 3. The molecular formula is C14H15NO2. The van der Waals surface area contributed by atoms with E-state index < -0.39 is 0 Å². The van der Waals surface area contributed by atoms with E-state index >= 15 is 0 Å². The van der Waals surface area contributed by atoms with Crippen LogP contribution in [0.3, 0.4) is 0 Å². The predicted molar refractivity (Wildman–Crippen MR) is 65.1 cm³/mol. The quantitative estimate of drug-likeness (QED) is 0.756. The van der Waals surface area contributed by atoms with Crippen LogP contribution in [0.25, 0.3) is 0 Å². The van der Waals surface area contributed by atoms with Gasteiger partial charge in [-0.25, -0.2) is 0 Å². The Morgan fingerprint density at radius 1 is 1.41 bits per heavy atom. The van der Waals surface area contributed by atoms with Crippen molar-refractivity contribution in [2.75, 3.05) is 0 Å². The fourth-order valence-corrected chi connectivity index (χ4v) is 1.83. The third kappa shape index (κ3) is 2.28. The lowest BCUT2D eigenvalue weighted by Crippen LogP contribution is -2.11. The van der Waals surface area contributed by atoms with Crippen molar-refractivity contribution in [3.8, 4) is 0 Å². The number of aromatic nitrogens is 1. The number of aryl methyl sites for hydroxylation is 1. The van der Waals surface area contributed by atoms with Crippen LogP contribution >= 0.6 is 0 Å². The van der Waals surface area contributed by atoms with Gasteiger partial charge in [0, 0.05) is 12.6 Å². The minimum atomic E-state index is -0.237. The van der Waals surface area contributed by atoms with Gasteiger partial charge in [-0.05, 0) is 25.1 Å². The fraction of sp³-hybridized carbons (Fsp3) is 0.286. The van der Waals surface area contributed by atoms with Crippen LogP contribution in [0.1, 0.15) is 41.6 Å². The topological polar surface area (TPSA) is 43.1 Å². The van der Waals surface area contributed by atoms with Crippen LogP contribution in [-0.2, 0) is 6.42 Å². The van der Waals surface area contributed by atoms with Gasteiger partial charge < -0.3 is 4.42 Å². The highest BCUT2D eigenvalue weighted by Gasteiger charge is 2.21. The molecule has 0 aliphatic rings. The number of pyridine rings is 1. The Bertz CT molecular complexity index is 502. The maximum Gasteiger partial charge on any atom is 0.175 e. The van der Waals surface area contributed by atoms with Gasteiger partial charge in [0.25, 0.3) is 0 Å². The molecule has 0 radical (unpaired) electrons. The summed E-state index contributed by atoms with van der Waals surface area (Å²) in [6.45, 7) is 3.85. The highest BCUT2D eigenvalue weighted by atomic mass is 16.3. The third-order valence-electron chi connectivity index (χ3n) is 2.86. The maximum absolute atomic E-state index is 12.3. The Balaban J connectivity index is 2.27. The molecule has 3 heteroatoms. The lowest BCUT2D eigenvalue weighted by atomic mass is 9.95. The second-order valence-electron chi connectivity index (χ2n) is 3.95. The van der Waals surface area contributed by atoms with E-state index in [-0.39, 0.29) is 11.7 Å². The molecule has 0 saturated carbocycles. The Kier molecular flexibility index (Phi) is 3.38. The number of furan rings is 1. The van der Waals surface area contributed by atoms with Gasteiger partial charge in [0.05, 0.1) is 23.4 Å². The smallest absolute Gasteiger partial charge is 0.175 e. The van der Waals surface area contributed by atoms with E-state index in [2.05, 4.69) is 4.98 Å². The SMILES string of the molecule is CCc1occc1C(=O)C(C)c1ccccn1. The third-order valence-corrected chi connectivity index (χ3v) is 2.86. The first-order valence-electron chi connectivity index (χ1n) is 5.75. The molecule has 2 heterocycles. The minimum Gasteiger partial charge on any atom is -0.469 e. The van der Waals surface area contributed by atoms with Crippen LogP contribution in [0, 0.1) is 0 Å². The van der Waals surface area contributed by atoms with Crippen molar-refractivity contribution in [2.24, 2.45) is 0 Å². The molecule has 0 N–H and O–H groups in total. The largest absolute Gasteiger partial charge is 0.469 e. The number of carbonyl (C=O) groups excluding carboxylic acids is 1. The van der Waals surface area contributed by atoms with E-state index in [0.29, 0.717) is 5.56 Å². The molecule has 2 rings (SSSR count). The zero-order valence-electron chi connectivity index (χ0n) is 10.0. The maximum atomic E-state index is 12.3. The summed E-state index contributed by atoms with van der Waals surface area (Å²) in [7, 11) is 0. The molecule has 0 bridgehead atoms. The number of hydrogen-bond donors (Lipinski definition) is 0. The van der Waals surface area contributed by atoms with Crippen molar-refractivity contribution >= 4 is 5.78 Å². The molecule has 0 spiro atoms. The predicted octanol–water partition coefficient (Wildman–Crippen LogP) is 3.22. The highest BCUT2D eigenvalue weighted by molar-refractivity contribution is 6.01. The van der Waals surface area contributed by atoms with Crippen molar-refractivity contribution in [3.63, 3.8) is 0 Å². The van der Waals surface area contributed by atoms with Crippen molar-refractivity contribution in [1.29, 1.82) is 0 Å². The summed E-state index contributed by atoms with van der Waals surface area (Å²) in [4.78, 5) is 16.5. The molecule has 0 aliphatic carbocycles. The van der Waals surface area contributed by atoms with E-state index in [0.717, 1.165) is 17.9 Å². The van der Waals surface area contributed by atoms with Gasteiger partial charge in [-0.3, -0.25) is 9.78 Å². The van der Waals surface area contributed by atoms with Crippen molar-refractivity contribution in [3.05, 3.63) is 53.7 Å². The summed E-state index contributed by atoms with van der Waals surface area (Å²) >= 11 is 0. The molecule has 2 aromatic rings. The van der Waals surface area contributed by atoms with Gasteiger partial charge >= 0.3 is 0 Å². The van der Waals surface area contributed by atoms with Gasteiger partial charge in [0.15, 0.2) is 5.78 Å². The number of carbonyl (C=O) groups is 1. The van der Waals surface area contributed by atoms with Crippen LogP contribution in [0.4, 0.5) is 0 Å². The summed E-state index contributed by atoms with van der Waals surface area (Å²) in [5.74, 6) is 0.575. The monoisotopic (exact) mass is 229 g/mol. The molecular weight excluding hydrogens is 214 g/mol. The molecule has 0 aliphatic heterocycles. The first-order chi connectivity index (χ1) is 8.24. The molecule has 88 valence electrons. The number of Topliss-reactive ketones (excluding diaryl/α,β-unsaturated/α-hetero) is 1. The second kappa shape index (κ2) is 4.95. The summed E-state index contributed by atoms with van der Waals surface area (Å²) < 4.78 is 5.28. The zero-order valence-corrected chi connectivity index (χ0v) is 10.0. The molecule has 17 heavy (non-hydrogen) atoms. The molecule has 2 aromatic heterocycles.